The maximum Gasteiger partial charge on any atom is 0.300 e. The molecular formula is C26H24N2O3. The SMILES string of the molecule is Cc1ccc(C(O)=C2C(=O)C(=O)N(c3ccc(N(C)C)cc3)[C@@H]2c2ccccc2)cc1. The van der Waals surface area contributed by atoms with Crippen molar-refractivity contribution in [2.24, 2.45) is 0 Å². The van der Waals surface area contributed by atoms with Crippen molar-refractivity contribution in [3.63, 3.8) is 0 Å². The number of aliphatic hydroxyl groups is 1. The minimum Gasteiger partial charge on any atom is -0.507 e. The van der Waals surface area contributed by atoms with E-state index >= 15 is 0 Å². The molecule has 0 radical (unpaired) electrons. The van der Waals surface area contributed by atoms with Gasteiger partial charge in [-0.3, -0.25) is 14.5 Å². The number of hydrogen-bond donors (Lipinski definition) is 1. The first kappa shape index (κ1) is 20.4. The van der Waals surface area contributed by atoms with Gasteiger partial charge < -0.3 is 10.0 Å². The molecule has 156 valence electrons. The fraction of sp³-hybridized carbons (Fsp3) is 0.154. The fourth-order valence-corrected chi connectivity index (χ4v) is 3.83. The van der Waals surface area contributed by atoms with Gasteiger partial charge in [0.05, 0.1) is 11.6 Å². The highest BCUT2D eigenvalue weighted by molar-refractivity contribution is 6.51. The number of Topliss-reactive ketones (excluding diaryl/α,β-unsaturated/α-hetero) is 1. The van der Waals surface area contributed by atoms with Crippen molar-refractivity contribution in [2.75, 3.05) is 23.9 Å². The molecule has 0 aliphatic carbocycles. The molecule has 5 heteroatoms. The van der Waals surface area contributed by atoms with Crippen LogP contribution >= 0.6 is 0 Å². The summed E-state index contributed by atoms with van der Waals surface area (Å²) in [6.45, 7) is 1.95. The second-order valence-electron chi connectivity index (χ2n) is 7.86. The monoisotopic (exact) mass is 412 g/mol. The lowest BCUT2D eigenvalue weighted by Crippen LogP contribution is -2.29. The standard InChI is InChI=1S/C26H24N2O3/c1-17-9-11-19(12-10-17)24(29)22-23(18-7-5-4-6-8-18)28(26(31)25(22)30)21-15-13-20(14-16-21)27(2)3/h4-16,23,29H,1-3H3/t23-/m1/s1. The third-order valence-electron chi connectivity index (χ3n) is 5.53. The van der Waals surface area contributed by atoms with Crippen LogP contribution in [0, 0.1) is 6.92 Å². The Morgan fingerprint density at radius 3 is 2.06 bits per heavy atom. The van der Waals surface area contributed by atoms with Gasteiger partial charge >= 0.3 is 0 Å². The van der Waals surface area contributed by atoms with E-state index in [2.05, 4.69) is 0 Å². The number of amides is 1. The largest absolute Gasteiger partial charge is 0.507 e. The van der Waals surface area contributed by atoms with Crippen LogP contribution in [0.1, 0.15) is 22.7 Å². The van der Waals surface area contributed by atoms with Gasteiger partial charge in [0.15, 0.2) is 0 Å². The lowest BCUT2D eigenvalue weighted by molar-refractivity contribution is -0.132. The van der Waals surface area contributed by atoms with E-state index in [9.17, 15) is 14.7 Å². The van der Waals surface area contributed by atoms with Crippen LogP contribution in [-0.2, 0) is 9.59 Å². The average molecular weight is 412 g/mol. The summed E-state index contributed by atoms with van der Waals surface area (Å²) in [7, 11) is 3.87. The van der Waals surface area contributed by atoms with Crippen LogP contribution in [0.25, 0.3) is 5.76 Å². The molecule has 3 aromatic rings. The van der Waals surface area contributed by atoms with Crippen molar-refractivity contribution in [3.8, 4) is 0 Å². The number of nitrogens with zero attached hydrogens (tertiary/aromatic N) is 2. The molecule has 1 amide bonds. The highest BCUT2D eigenvalue weighted by atomic mass is 16.3. The van der Waals surface area contributed by atoms with Crippen molar-refractivity contribution in [1.29, 1.82) is 0 Å². The van der Waals surface area contributed by atoms with E-state index in [1.54, 1.807) is 12.1 Å². The molecule has 0 unspecified atom stereocenters. The van der Waals surface area contributed by atoms with Gasteiger partial charge in [0.1, 0.15) is 5.76 Å². The molecule has 1 aliphatic rings. The fourth-order valence-electron chi connectivity index (χ4n) is 3.83. The lowest BCUT2D eigenvalue weighted by Gasteiger charge is -2.26. The molecule has 5 nitrogen and oxygen atoms in total. The molecule has 0 bridgehead atoms. The molecule has 0 spiro atoms. The van der Waals surface area contributed by atoms with Crippen molar-refractivity contribution in [1.82, 2.24) is 0 Å². The molecular weight excluding hydrogens is 388 g/mol. The maximum absolute atomic E-state index is 13.1. The smallest absolute Gasteiger partial charge is 0.300 e. The predicted molar refractivity (Wildman–Crippen MR) is 123 cm³/mol. The van der Waals surface area contributed by atoms with Crippen LogP contribution in [0.5, 0.6) is 0 Å². The number of benzene rings is 3. The van der Waals surface area contributed by atoms with E-state index in [0.29, 0.717) is 11.3 Å². The Morgan fingerprint density at radius 1 is 0.871 bits per heavy atom. The molecule has 31 heavy (non-hydrogen) atoms. The van der Waals surface area contributed by atoms with Gasteiger partial charge in [-0.2, -0.15) is 0 Å². The number of rotatable bonds is 4. The van der Waals surface area contributed by atoms with Crippen molar-refractivity contribution in [2.45, 2.75) is 13.0 Å². The number of ketones is 1. The summed E-state index contributed by atoms with van der Waals surface area (Å²) in [4.78, 5) is 29.7. The Morgan fingerprint density at radius 2 is 1.48 bits per heavy atom. The van der Waals surface area contributed by atoms with Crippen molar-refractivity contribution < 1.29 is 14.7 Å². The Hall–Kier alpha value is -3.86. The summed E-state index contributed by atoms with van der Waals surface area (Å²) in [5.41, 5.74) is 3.98. The highest BCUT2D eigenvalue weighted by Gasteiger charge is 2.46. The van der Waals surface area contributed by atoms with Gasteiger partial charge in [-0.1, -0.05) is 60.2 Å². The first-order chi connectivity index (χ1) is 14.9. The first-order valence-electron chi connectivity index (χ1n) is 10.1. The highest BCUT2D eigenvalue weighted by Crippen LogP contribution is 2.42. The topological polar surface area (TPSA) is 60.9 Å². The van der Waals surface area contributed by atoms with Gasteiger partial charge in [0.2, 0.25) is 0 Å². The number of aryl methyl sites for hydroxylation is 1. The summed E-state index contributed by atoms with van der Waals surface area (Å²) in [5, 5.41) is 11.1. The minimum absolute atomic E-state index is 0.0942. The molecule has 1 atom stereocenters. The van der Waals surface area contributed by atoms with Gasteiger partial charge in [-0.25, -0.2) is 0 Å². The Bertz CT molecular complexity index is 1150. The summed E-state index contributed by atoms with van der Waals surface area (Å²) >= 11 is 0. The van der Waals surface area contributed by atoms with Gasteiger partial charge in [-0.15, -0.1) is 0 Å². The summed E-state index contributed by atoms with van der Waals surface area (Å²) < 4.78 is 0. The quantitative estimate of drug-likeness (QED) is 0.384. The van der Waals surface area contributed by atoms with Crippen LogP contribution in [0.15, 0.2) is 84.4 Å². The van der Waals surface area contributed by atoms with Gasteiger partial charge in [-0.05, 0) is 36.8 Å². The van der Waals surface area contributed by atoms with E-state index < -0.39 is 17.7 Å². The van der Waals surface area contributed by atoms with E-state index in [1.165, 1.54) is 4.90 Å². The molecule has 1 heterocycles. The summed E-state index contributed by atoms with van der Waals surface area (Å²) in [6.07, 6.45) is 0. The van der Waals surface area contributed by atoms with E-state index in [0.717, 1.165) is 16.8 Å². The first-order valence-corrected chi connectivity index (χ1v) is 10.1. The van der Waals surface area contributed by atoms with Crippen molar-refractivity contribution >= 4 is 28.8 Å². The lowest BCUT2D eigenvalue weighted by atomic mass is 9.95. The number of anilines is 2. The van der Waals surface area contributed by atoms with E-state index in [1.807, 2.05) is 92.6 Å². The number of carbonyl (C=O) groups is 2. The Labute approximate surface area is 181 Å². The number of aliphatic hydroxyl groups excluding tert-OH is 1. The van der Waals surface area contributed by atoms with Crippen LogP contribution in [0.2, 0.25) is 0 Å². The second kappa shape index (κ2) is 8.11. The third kappa shape index (κ3) is 3.70. The number of carbonyl (C=O) groups excluding carboxylic acids is 2. The minimum atomic E-state index is -0.715. The molecule has 1 saturated heterocycles. The average Bonchev–Trinajstić information content (AvgIpc) is 3.05. The zero-order valence-corrected chi connectivity index (χ0v) is 17.7. The normalized spacial score (nSPS) is 17.8. The number of hydrogen-bond acceptors (Lipinski definition) is 4. The van der Waals surface area contributed by atoms with Crippen LogP contribution in [-0.4, -0.2) is 30.9 Å². The maximum atomic E-state index is 13.1. The zero-order chi connectivity index (χ0) is 22.1. The molecule has 3 aromatic carbocycles. The molecule has 1 fully saturated rings. The zero-order valence-electron chi connectivity index (χ0n) is 17.7. The van der Waals surface area contributed by atoms with Gasteiger partial charge in [0.25, 0.3) is 11.7 Å². The van der Waals surface area contributed by atoms with Gasteiger partial charge in [0, 0.05) is 31.0 Å². The second-order valence-corrected chi connectivity index (χ2v) is 7.86. The third-order valence-corrected chi connectivity index (χ3v) is 5.53. The van der Waals surface area contributed by atoms with Crippen LogP contribution < -0.4 is 9.80 Å². The van der Waals surface area contributed by atoms with E-state index in [-0.39, 0.29) is 11.3 Å². The molecule has 0 saturated carbocycles. The van der Waals surface area contributed by atoms with Crippen molar-refractivity contribution in [3.05, 3.63) is 101 Å². The van der Waals surface area contributed by atoms with Crippen LogP contribution in [0.4, 0.5) is 11.4 Å². The molecule has 4 rings (SSSR count). The molecule has 1 N–H and O–H groups in total. The van der Waals surface area contributed by atoms with E-state index in [4.69, 9.17) is 0 Å². The molecule has 1 aliphatic heterocycles. The van der Waals surface area contributed by atoms with Crippen LogP contribution in [0.3, 0.4) is 0 Å². The Balaban J connectivity index is 1.89. The molecule has 0 aromatic heterocycles. The summed E-state index contributed by atoms with van der Waals surface area (Å²) in [5.74, 6) is -1.51. The summed E-state index contributed by atoms with van der Waals surface area (Å²) in [6, 6.07) is 23.3. The predicted octanol–water partition coefficient (Wildman–Crippen LogP) is 4.69. The Kier molecular flexibility index (Phi) is 5.34.